The van der Waals surface area contributed by atoms with E-state index in [4.69, 9.17) is 6.42 Å². The van der Waals surface area contributed by atoms with Crippen molar-refractivity contribution in [1.29, 1.82) is 0 Å². The van der Waals surface area contributed by atoms with Gasteiger partial charge in [0.25, 0.3) is 0 Å². The van der Waals surface area contributed by atoms with Gasteiger partial charge in [0.1, 0.15) is 0 Å². The maximum atomic E-state index is 9.87. The zero-order valence-corrected chi connectivity index (χ0v) is 4.87. The molecule has 2 amide bonds. The van der Waals surface area contributed by atoms with E-state index in [1.807, 2.05) is 0 Å². The molecule has 0 bridgehead atoms. The zero-order valence-electron chi connectivity index (χ0n) is 4.87. The van der Waals surface area contributed by atoms with Crippen molar-refractivity contribution >= 4 is 6.03 Å². The summed E-state index contributed by atoms with van der Waals surface area (Å²) in [4.78, 5) is 9.87. The van der Waals surface area contributed by atoms with Crippen LogP contribution in [0.1, 0.15) is 6.42 Å². The van der Waals surface area contributed by atoms with Crippen molar-refractivity contribution in [2.24, 2.45) is 16.0 Å². The summed E-state index contributed by atoms with van der Waals surface area (Å²) < 4.78 is 0. The third-order valence-electron chi connectivity index (χ3n) is 0.525. The van der Waals surface area contributed by atoms with Gasteiger partial charge in [0.2, 0.25) is 0 Å². The van der Waals surface area contributed by atoms with Crippen LogP contribution in [0.2, 0.25) is 0 Å². The number of nitrogens with two attached hydrogens (primary N) is 1. The first-order valence-corrected chi connectivity index (χ1v) is 2.37. The Labute approximate surface area is 53.1 Å². The summed E-state index contributed by atoms with van der Waals surface area (Å²) in [6.45, 7) is 0.361. The SMILES string of the molecule is C#CCC/N=N/C(N)=O. The Bertz CT molecular complexity index is 156. The number of urea groups is 1. The number of hydrogen-bond acceptors (Lipinski definition) is 2. The van der Waals surface area contributed by atoms with E-state index < -0.39 is 6.03 Å². The van der Waals surface area contributed by atoms with Gasteiger partial charge < -0.3 is 5.73 Å². The first-order valence-electron chi connectivity index (χ1n) is 2.37. The third-order valence-corrected chi connectivity index (χ3v) is 0.525. The fourth-order valence-corrected chi connectivity index (χ4v) is 0.234. The molecule has 0 rings (SSSR count). The van der Waals surface area contributed by atoms with Gasteiger partial charge in [-0.05, 0) is 0 Å². The van der Waals surface area contributed by atoms with Gasteiger partial charge in [-0.15, -0.1) is 12.3 Å². The Hall–Kier alpha value is -1.37. The van der Waals surface area contributed by atoms with Gasteiger partial charge in [0, 0.05) is 6.42 Å². The van der Waals surface area contributed by atoms with Crippen molar-refractivity contribution in [3.05, 3.63) is 0 Å². The molecule has 0 radical (unpaired) electrons. The molecule has 0 fully saturated rings. The highest BCUT2D eigenvalue weighted by atomic mass is 16.2. The molecule has 4 nitrogen and oxygen atoms in total. The standard InChI is InChI=1S/C5H7N3O/c1-2-3-4-7-8-5(6)9/h1H,3-4H2,(H2,6,9)/b8-7+. The zero-order chi connectivity index (χ0) is 7.11. The highest BCUT2D eigenvalue weighted by Gasteiger charge is 1.81. The van der Waals surface area contributed by atoms with Gasteiger partial charge in [-0.2, -0.15) is 5.11 Å². The lowest BCUT2D eigenvalue weighted by atomic mass is 10.5. The molecule has 9 heavy (non-hydrogen) atoms. The van der Waals surface area contributed by atoms with Gasteiger partial charge in [0.15, 0.2) is 0 Å². The van der Waals surface area contributed by atoms with Crippen LogP contribution in [0.4, 0.5) is 4.79 Å². The second-order valence-electron chi connectivity index (χ2n) is 1.26. The van der Waals surface area contributed by atoms with Crippen molar-refractivity contribution in [2.75, 3.05) is 6.54 Å². The molecule has 0 saturated heterocycles. The van der Waals surface area contributed by atoms with Crippen LogP contribution < -0.4 is 5.73 Å². The second-order valence-corrected chi connectivity index (χ2v) is 1.26. The molecule has 0 aliphatic heterocycles. The number of amides is 2. The van der Waals surface area contributed by atoms with Crippen LogP contribution in [0.3, 0.4) is 0 Å². The largest absolute Gasteiger partial charge is 0.356 e. The summed E-state index contributed by atoms with van der Waals surface area (Å²) in [5.74, 6) is 2.34. The summed E-state index contributed by atoms with van der Waals surface area (Å²) in [5, 5.41) is 6.40. The lowest BCUT2D eigenvalue weighted by Crippen LogP contribution is -2.02. The number of hydrogen-bond donors (Lipinski definition) is 1. The van der Waals surface area contributed by atoms with E-state index in [-0.39, 0.29) is 0 Å². The number of terminal acetylenes is 1. The van der Waals surface area contributed by atoms with Crippen LogP contribution >= 0.6 is 0 Å². The maximum absolute atomic E-state index is 9.87. The molecular weight excluding hydrogens is 118 g/mol. The minimum Gasteiger partial charge on any atom is -0.348 e. The van der Waals surface area contributed by atoms with E-state index in [0.29, 0.717) is 13.0 Å². The smallest absolute Gasteiger partial charge is 0.348 e. The number of carbonyl (C=O) groups excluding carboxylic acids is 1. The third kappa shape index (κ3) is 6.63. The molecule has 0 aromatic carbocycles. The summed E-state index contributed by atoms with van der Waals surface area (Å²) in [7, 11) is 0. The fraction of sp³-hybridized carbons (Fsp3) is 0.400. The first-order chi connectivity index (χ1) is 4.27. The molecule has 2 N–H and O–H groups in total. The molecule has 0 aliphatic carbocycles. The first kappa shape index (κ1) is 7.63. The Kier molecular flexibility index (Phi) is 4.05. The van der Waals surface area contributed by atoms with Crippen molar-refractivity contribution in [3.63, 3.8) is 0 Å². The minimum atomic E-state index is -0.785. The summed E-state index contributed by atoms with van der Waals surface area (Å²) in [5.41, 5.74) is 4.62. The van der Waals surface area contributed by atoms with Crippen molar-refractivity contribution in [2.45, 2.75) is 6.42 Å². The molecule has 0 saturated carbocycles. The predicted molar refractivity (Wildman–Crippen MR) is 32.8 cm³/mol. The molecule has 0 aliphatic rings. The number of rotatable bonds is 2. The Morgan fingerprint density at radius 2 is 2.44 bits per heavy atom. The molecule has 0 spiro atoms. The highest BCUT2D eigenvalue weighted by molar-refractivity contribution is 5.71. The van der Waals surface area contributed by atoms with Crippen LogP contribution in [0.5, 0.6) is 0 Å². The van der Waals surface area contributed by atoms with Crippen molar-refractivity contribution in [3.8, 4) is 12.3 Å². The lowest BCUT2D eigenvalue weighted by molar-refractivity contribution is 0.255. The highest BCUT2D eigenvalue weighted by Crippen LogP contribution is 1.79. The van der Waals surface area contributed by atoms with E-state index in [1.165, 1.54) is 0 Å². The van der Waals surface area contributed by atoms with E-state index in [1.54, 1.807) is 0 Å². The molecule has 0 atom stereocenters. The summed E-state index contributed by atoms with van der Waals surface area (Å²) >= 11 is 0. The number of carbonyl (C=O) groups is 1. The normalized spacial score (nSPS) is 9.22. The quantitative estimate of drug-likeness (QED) is 0.326. The topological polar surface area (TPSA) is 67.8 Å². The lowest BCUT2D eigenvalue weighted by Gasteiger charge is -1.79. The molecular formula is C5H7N3O. The van der Waals surface area contributed by atoms with Crippen LogP contribution in [0, 0.1) is 12.3 Å². The Morgan fingerprint density at radius 3 is 2.89 bits per heavy atom. The van der Waals surface area contributed by atoms with E-state index in [0.717, 1.165) is 0 Å². The van der Waals surface area contributed by atoms with Crippen LogP contribution in [-0.4, -0.2) is 12.6 Å². The molecule has 48 valence electrons. The molecule has 0 heterocycles. The number of nitrogens with zero attached hydrogens (tertiary/aromatic N) is 2. The Morgan fingerprint density at radius 1 is 1.78 bits per heavy atom. The average Bonchev–Trinajstić information content (AvgIpc) is 1.80. The fourth-order valence-electron chi connectivity index (χ4n) is 0.234. The van der Waals surface area contributed by atoms with Crippen LogP contribution in [0.15, 0.2) is 10.2 Å². The van der Waals surface area contributed by atoms with Gasteiger partial charge in [-0.3, -0.25) is 0 Å². The molecule has 0 unspecified atom stereocenters. The van der Waals surface area contributed by atoms with Crippen molar-refractivity contribution in [1.82, 2.24) is 0 Å². The van der Waals surface area contributed by atoms with Gasteiger partial charge in [-0.25, -0.2) is 4.79 Å². The second kappa shape index (κ2) is 4.78. The van der Waals surface area contributed by atoms with E-state index >= 15 is 0 Å². The van der Waals surface area contributed by atoms with E-state index in [9.17, 15) is 4.79 Å². The van der Waals surface area contributed by atoms with Crippen LogP contribution in [-0.2, 0) is 0 Å². The molecule has 0 aromatic heterocycles. The molecule has 4 heteroatoms. The Balaban J connectivity index is 3.28. The average molecular weight is 125 g/mol. The maximum Gasteiger partial charge on any atom is 0.356 e. The summed E-state index contributed by atoms with van der Waals surface area (Å²) in [6, 6.07) is -0.785. The van der Waals surface area contributed by atoms with E-state index in [2.05, 4.69) is 21.9 Å². The van der Waals surface area contributed by atoms with Gasteiger partial charge in [0.05, 0.1) is 6.54 Å². The van der Waals surface area contributed by atoms with Gasteiger partial charge in [-0.1, -0.05) is 5.11 Å². The van der Waals surface area contributed by atoms with Crippen molar-refractivity contribution < 1.29 is 4.79 Å². The monoisotopic (exact) mass is 125 g/mol. The number of primary amides is 1. The van der Waals surface area contributed by atoms with Gasteiger partial charge >= 0.3 is 6.03 Å². The number of azo groups is 1. The minimum absolute atomic E-state index is 0.361. The summed E-state index contributed by atoms with van der Waals surface area (Å²) in [6.07, 6.45) is 5.36. The molecule has 0 aromatic rings. The predicted octanol–water partition coefficient (Wildman–Crippen LogP) is 0.541. The van der Waals surface area contributed by atoms with Crippen LogP contribution in [0.25, 0.3) is 0 Å².